The van der Waals surface area contributed by atoms with Gasteiger partial charge in [-0.25, -0.2) is 4.79 Å². The van der Waals surface area contributed by atoms with Crippen molar-refractivity contribution in [3.8, 4) is 0 Å². The predicted molar refractivity (Wildman–Crippen MR) is 55.1 cm³/mol. The van der Waals surface area contributed by atoms with Crippen LogP contribution in [0.2, 0.25) is 0 Å². The smallest absolute Gasteiger partial charge is 0.328 e. The van der Waals surface area contributed by atoms with Crippen LogP contribution in [0.25, 0.3) is 0 Å². The minimum atomic E-state index is -0.724. The summed E-state index contributed by atoms with van der Waals surface area (Å²) in [5, 5.41) is 3.15. The molecule has 0 aromatic heterocycles. The lowest BCUT2D eigenvalue weighted by Gasteiger charge is -2.34. The van der Waals surface area contributed by atoms with Crippen LogP contribution < -0.4 is 5.32 Å². The largest absolute Gasteiger partial charge is 0.468 e. The van der Waals surface area contributed by atoms with Gasteiger partial charge in [-0.3, -0.25) is 5.32 Å². The summed E-state index contributed by atoms with van der Waals surface area (Å²) in [5.74, 6) is -0.147. The van der Waals surface area contributed by atoms with E-state index in [0.29, 0.717) is 13.2 Å². The number of carbonyl (C=O) groups excluding carboxylic acids is 1. The summed E-state index contributed by atoms with van der Waals surface area (Å²) in [7, 11) is 2.98. The highest BCUT2D eigenvalue weighted by molar-refractivity contribution is 5.81. The van der Waals surface area contributed by atoms with Crippen LogP contribution >= 0.6 is 0 Å². The van der Waals surface area contributed by atoms with Gasteiger partial charge in [0.2, 0.25) is 0 Å². The molecular formula is C10H21NO3. The summed E-state index contributed by atoms with van der Waals surface area (Å²) in [6, 6.07) is 0. The normalized spacial score (nSPS) is 15.3. The summed E-state index contributed by atoms with van der Waals surface area (Å²) in [6.45, 7) is 6.93. The first kappa shape index (κ1) is 13.4. The molecule has 1 unspecified atom stereocenters. The Kier molecular flexibility index (Phi) is 5.72. The van der Waals surface area contributed by atoms with Crippen LogP contribution in [0, 0.1) is 5.92 Å². The van der Waals surface area contributed by atoms with E-state index in [0.717, 1.165) is 0 Å². The van der Waals surface area contributed by atoms with E-state index in [1.165, 1.54) is 7.11 Å². The molecule has 0 aromatic carbocycles. The van der Waals surface area contributed by atoms with Gasteiger partial charge in [0.15, 0.2) is 0 Å². The molecule has 84 valence electrons. The average molecular weight is 203 g/mol. The summed E-state index contributed by atoms with van der Waals surface area (Å²) >= 11 is 0. The van der Waals surface area contributed by atoms with Crippen LogP contribution in [0.5, 0.6) is 0 Å². The molecule has 4 nitrogen and oxygen atoms in total. The van der Waals surface area contributed by atoms with Crippen LogP contribution in [0.4, 0.5) is 0 Å². The van der Waals surface area contributed by atoms with Gasteiger partial charge < -0.3 is 9.47 Å². The average Bonchev–Trinajstić information content (AvgIpc) is 2.15. The Balaban J connectivity index is 4.82. The fourth-order valence-electron chi connectivity index (χ4n) is 1.51. The Morgan fingerprint density at radius 1 is 1.43 bits per heavy atom. The number of methoxy groups -OCH3 is 2. The molecule has 0 saturated heterocycles. The molecule has 4 heteroatoms. The molecule has 0 saturated carbocycles. The summed E-state index contributed by atoms with van der Waals surface area (Å²) < 4.78 is 9.88. The summed E-state index contributed by atoms with van der Waals surface area (Å²) in [6.07, 6.45) is 0. The van der Waals surface area contributed by atoms with E-state index in [4.69, 9.17) is 9.47 Å². The van der Waals surface area contributed by atoms with Crippen LogP contribution in [0.3, 0.4) is 0 Å². The van der Waals surface area contributed by atoms with Crippen molar-refractivity contribution >= 4 is 5.97 Å². The maximum atomic E-state index is 11.7. The number of ether oxygens (including phenoxy) is 2. The zero-order valence-corrected chi connectivity index (χ0v) is 9.72. The third-order valence-electron chi connectivity index (χ3n) is 2.40. The molecule has 0 heterocycles. The number of nitrogens with one attached hydrogen (secondary N) is 1. The van der Waals surface area contributed by atoms with Gasteiger partial charge in [-0.15, -0.1) is 0 Å². The monoisotopic (exact) mass is 203 g/mol. The lowest BCUT2D eigenvalue weighted by Crippen LogP contribution is -2.59. The lowest BCUT2D eigenvalue weighted by molar-refractivity contribution is -0.153. The van der Waals surface area contributed by atoms with E-state index in [1.54, 1.807) is 7.11 Å². The molecule has 0 amide bonds. The van der Waals surface area contributed by atoms with E-state index < -0.39 is 5.54 Å². The van der Waals surface area contributed by atoms with Crippen molar-refractivity contribution in [2.24, 2.45) is 5.92 Å². The van der Waals surface area contributed by atoms with Gasteiger partial charge in [0.25, 0.3) is 0 Å². The molecule has 1 N–H and O–H groups in total. The van der Waals surface area contributed by atoms with Crippen LogP contribution in [0.1, 0.15) is 20.8 Å². The van der Waals surface area contributed by atoms with Crippen LogP contribution in [-0.2, 0) is 14.3 Å². The molecule has 0 radical (unpaired) electrons. The number of hydrogen-bond acceptors (Lipinski definition) is 4. The van der Waals surface area contributed by atoms with Crippen molar-refractivity contribution in [3.63, 3.8) is 0 Å². The quantitative estimate of drug-likeness (QED) is 0.649. The molecule has 0 aliphatic carbocycles. The van der Waals surface area contributed by atoms with E-state index in [-0.39, 0.29) is 11.9 Å². The number of rotatable bonds is 6. The molecule has 0 aromatic rings. The van der Waals surface area contributed by atoms with Gasteiger partial charge in [-0.1, -0.05) is 20.8 Å². The van der Waals surface area contributed by atoms with Crippen molar-refractivity contribution in [2.75, 3.05) is 27.4 Å². The summed E-state index contributed by atoms with van der Waals surface area (Å²) in [5.41, 5.74) is -0.724. The van der Waals surface area contributed by atoms with E-state index in [9.17, 15) is 4.79 Å². The number of esters is 1. The topological polar surface area (TPSA) is 47.6 Å². The van der Waals surface area contributed by atoms with Crippen molar-refractivity contribution in [2.45, 2.75) is 26.3 Å². The van der Waals surface area contributed by atoms with Crippen molar-refractivity contribution in [1.82, 2.24) is 5.32 Å². The first-order chi connectivity index (χ1) is 6.55. The number of carbonyl (C=O) groups is 1. The van der Waals surface area contributed by atoms with E-state index >= 15 is 0 Å². The molecular weight excluding hydrogens is 182 g/mol. The third-order valence-corrected chi connectivity index (χ3v) is 2.40. The number of likely N-dealkylation sites (N-methyl/N-ethyl adjacent to an activating group) is 1. The second kappa shape index (κ2) is 5.98. The predicted octanol–water partition coefficient (Wildman–Crippen LogP) is 0.810. The molecule has 0 spiro atoms. The van der Waals surface area contributed by atoms with E-state index in [1.807, 2.05) is 20.8 Å². The number of hydrogen-bond donors (Lipinski definition) is 1. The molecule has 0 fully saturated rings. The Morgan fingerprint density at radius 2 is 2.00 bits per heavy atom. The molecule has 1 atom stereocenters. The second-order valence-corrected chi connectivity index (χ2v) is 3.58. The standard InChI is InChI=1S/C10H21NO3/c1-6-11-10(7-13-4,8(2)3)9(12)14-5/h8,11H,6-7H2,1-5H3. The molecule has 14 heavy (non-hydrogen) atoms. The van der Waals surface area contributed by atoms with Crippen LogP contribution in [0.15, 0.2) is 0 Å². The van der Waals surface area contributed by atoms with Crippen LogP contribution in [-0.4, -0.2) is 38.9 Å². The SMILES string of the molecule is CCNC(COC)(C(=O)OC)C(C)C. The van der Waals surface area contributed by atoms with Crippen molar-refractivity contribution in [1.29, 1.82) is 0 Å². The first-order valence-corrected chi connectivity index (χ1v) is 4.87. The highest BCUT2D eigenvalue weighted by atomic mass is 16.5. The lowest BCUT2D eigenvalue weighted by atomic mass is 9.87. The maximum absolute atomic E-state index is 11.7. The third kappa shape index (κ3) is 2.69. The Labute approximate surface area is 86.0 Å². The fourth-order valence-corrected chi connectivity index (χ4v) is 1.51. The maximum Gasteiger partial charge on any atom is 0.328 e. The zero-order chi connectivity index (χ0) is 11.2. The minimum absolute atomic E-state index is 0.120. The van der Waals surface area contributed by atoms with Gasteiger partial charge in [0.05, 0.1) is 13.7 Å². The Morgan fingerprint density at radius 3 is 2.29 bits per heavy atom. The molecule has 0 aliphatic heterocycles. The van der Waals surface area contributed by atoms with Gasteiger partial charge in [-0.2, -0.15) is 0 Å². The molecule has 0 rings (SSSR count). The van der Waals surface area contributed by atoms with Gasteiger partial charge in [0, 0.05) is 7.11 Å². The highest BCUT2D eigenvalue weighted by Gasteiger charge is 2.42. The highest BCUT2D eigenvalue weighted by Crippen LogP contribution is 2.19. The minimum Gasteiger partial charge on any atom is -0.468 e. The molecule has 0 bridgehead atoms. The fraction of sp³-hybridized carbons (Fsp3) is 0.900. The van der Waals surface area contributed by atoms with E-state index in [2.05, 4.69) is 5.32 Å². The molecule has 0 aliphatic rings. The van der Waals surface area contributed by atoms with Gasteiger partial charge >= 0.3 is 5.97 Å². The van der Waals surface area contributed by atoms with Gasteiger partial charge in [0.1, 0.15) is 5.54 Å². The van der Waals surface area contributed by atoms with Crippen molar-refractivity contribution in [3.05, 3.63) is 0 Å². The summed E-state index contributed by atoms with van der Waals surface area (Å²) in [4.78, 5) is 11.7. The zero-order valence-electron chi connectivity index (χ0n) is 9.72. The van der Waals surface area contributed by atoms with Crippen molar-refractivity contribution < 1.29 is 14.3 Å². The Hall–Kier alpha value is -0.610. The Bertz CT molecular complexity index is 174. The van der Waals surface area contributed by atoms with Gasteiger partial charge in [-0.05, 0) is 12.5 Å². The first-order valence-electron chi connectivity index (χ1n) is 4.87. The second-order valence-electron chi connectivity index (χ2n) is 3.58.